The highest BCUT2D eigenvalue weighted by Gasteiger charge is 2.29. The molecular formula is C8H18NOP. The first-order valence-corrected chi connectivity index (χ1v) is 5.30. The fourth-order valence-electron chi connectivity index (χ4n) is 1.11. The first-order valence-electron chi connectivity index (χ1n) is 4.28. The summed E-state index contributed by atoms with van der Waals surface area (Å²) in [6.45, 7) is 9.80. The summed E-state index contributed by atoms with van der Waals surface area (Å²) in [5, 5.41) is 0. The van der Waals surface area contributed by atoms with Crippen molar-refractivity contribution in [3.63, 3.8) is 0 Å². The summed E-state index contributed by atoms with van der Waals surface area (Å²) < 4.78 is 8.09. The summed E-state index contributed by atoms with van der Waals surface area (Å²) in [7, 11) is 0.887. The van der Waals surface area contributed by atoms with Gasteiger partial charge in [-0.2, -0.15) is 0 Å². The van der Waals surface area contributed by atoms with Gasteiger partial charge in [-0.1, -0.05) is 0 Å². The first kappa shape index (κ1) is 9.44. The Bertz CT molecular complexity index is 121. The van der Waals surface area contributed by atoms with Crippen LogP contribution in [0.1, 0.15) is 27.7 Å². The zero-order chi connectivity index (χ0) is 8.43. The van der Waals surface area contributed by atoms with Crippen LogP contribution in [0.2, 0.25) is 0 Å². The molecule has 3 heteroatoms. The predicted octanol–water partition coefficient (Wildman–Crippen LogP) is 2.06. The normalized spacial score (nSPS) is 28.4. The first-order chi connectivity index (χ1) is 5.09. The molecule has 1 aliphatic heterocycles. The molecule has 0 aromatic rings. The van der Waals surface area contributed by atoms with Gasteiger partial charge < -0.3 is 4.74 Å². The van der Waals surface area contributed by atoms with Crippen molar-refractivity contribution in [3.05, 3.63) is 0 Å². The molecular weight excluding hydrogens is 157 g/mol. The Morgan fingerprint density at radius 2 is 1.91 bits per heavy atom. The van der Waals surface area contributed by atoms with Crippen LogP contribution < -0.4 is 0 Å². The Kier molecular flexibility index (Phi) is 3.29. The van der Waals surface area contributed by atoms with E-state index >= 15 is 0 Å². The van der Waals surface area contributed by atoms with Gasteiger partial charge in [-0.25, -0.2) is 0 Å². The fraction of sp³-hybridized carbons (Fsp3) is 1.00. The van der Waals surface area contributed by atoms with Crippen LogP contribution in [0.25, 0.3) is 0 Å². The molecule has 0 amide bonds. The molecule has 2 nitrogen and oxygen atoms in total. The van der Waals surface area contributed by atoms with Crippen LogP contribution in [-0.2, 0) is 4.74 Å². The van der Waals surface area contributed by atoms with Gasteiger partial charge in [-0.05, 0) is 36.4 Å². The smallest absolute Gasteiger partial charge is 0.101 e. The molecule has 0 radical (unpaired) electrons. The molecule has 11 heavy (non-hydrogen) atoms. The Morgan fingerprint density at radius 1 is 1.36 bits per heavy atom. The van der Waals surface area contributed by atoms with E-state index < -0.39 is 0 Å². The third kappa shape index (κ3) is 2.70. The molecule has 2 atom stereocenters. The van der Waals surface area contributed by atoms with E-state index in [0.29, 0.717) is 18.0 Å². The molecule has 1 heterocycles. The zero-order valence-electron chi connectivity index (χ0n) is 7.79. The van der Waals surface area contributed by atoms with Gasteiger partial charge in [-0.15, -0.1) is 0 Å². The van der Waals surface area contributed by atoms with Gasteiger partial charge in [0, 0.05) is 12.6 Å². The number of hydrogen-bond acceptors (Lipinski definition) is 2. The largest absolute Gasteiger partial charge is 0.369 e. The maximum absolute atomic E-state index is 5.64. The fourth-order valence-corrected chi connectivity index (χ4v) is 2.34. The monoisotopic (exact) mass is 175 g/mol. The van der Waals surface area contributed by atoms with Gasteiger partial charge in [-0.3, -0.25) is 4.67 Å². The molecule has 0 saturated carbocycles. The van der Waals surface area contributed by atoms with Crippen LogP contribution >= 0.6 is 8.73 Å². The second-order valence-corrected chi connectivity index (χ2v) is 5.03. The van der Waals surface area contributed by atoms with E-state index in [1.54, 1.807) is 0 Å². The van der Waals surface area contributed by atoms with Crippen molar-refractivity contribution < 1.29 is 4.74 Å². The van der Waals surface area contributed by atoms with Gasteiger partial charge in [0.1, 0.15) is 5.85 Å². The Morgan fingerprint density at radius 3 is 2.27 bits per heavy atom. The van der Waals surface area contributed by atoms with E-state index in [9.17, 15) is 0 Å². The highest BCUT2D eigenvalue weighted by atomic mass is 31.1. The average Bonchev–Trinajstić information content (AvgIpc) is 1.75. The summed E-state index contributed by atoms with van der Waals surface area (Å²) in [6.07, 6.45) is 0.391. The standard InChI is InChI=1S/C8H18NOP/c1-6(2)9-5-8(11-9)10-7(3)4/h6-8,11H,5H2,1-4H3. The Balaban J connectivity index is 2.09. The Hall–Kier alpha value is 0.350. The van der Waals surface area contributed by atoms with Crippen molar-refractivity contribution in [2.45, 2.75) is 45.7 Å². The van der Waals surface area contributed by atoms with Crippen molar-refractivity contribution in [1.82, 2.24) is 4.67 Å². The van der Waals surface area contributed by atoms with E-state index in [1.165, 1.54) is 0 Å². The molecule has 2 unspecified atom stereocenters. The number of hydrogen-bond donors (Lipinski definition) is 0. The lowest BCUT2D eigenvalue weighted by Gasteiger charge is -2.42. The number of nitrogens with zero attached hydrogens (tertiary/aromatic N) is 1. The molecule has 1 aliphatic rings. The van der Waals surface area contributed by atoms with Crippen LogP contribution in [0.15, 0.2) is 0 Å². The number of rotatable bonds is 3. The summed E-state index contributed by atoms with van der Waals surface area (Å²) in [6, 6.07) is 0.695. The SMILES string of the molecule is CC(C)OC1CN(C(C)C)P1. The van der Waals surface area contributed by atoms with E-state index in [-0.39, 0.29) is 0 Å². The molecule has 66 valence electrons. The number of ether oxygens (including phenoxy) is 1. The molecule has 1 rings (SSSR count). The van der Waals surface area contributed by atoms with Crippen molar-refractivity contribution in [2.75, 3.05) is 6.54 Å². The lowest BCUT2D eigenvalue weighted by Crippen LogP contribution is -2.42. The second-order valence-electron chi connectivity index (χ2n) is 3.55. The van der Waals surface area contributed by atoms with Crippen LogP contribution in [0.5, 0.6) is 0 Å². The topological polar surface area (TPSA) is 12.5 Å². The lowest BCUT2D eigenvalue weighted by atomic mass is 10.4. The van der Waals surface area contributed by atoms with E-state index in [2.05, 4.69) is 32.4 Å². The zero-order valence-corrected chi connectivity index (χ0v) is 8.79. The van der Waals surface area contributed by atoms with Crippen LogP contribution in [0, 0.1) is 0 Å². The molecule has 0 aliphatic carbocycles. The predicted molar refractivity (Wildman–Crippen MR) is 50.2 cm³/mol. The van der Waals surface area contributed by atoms with Gasteiger partial charge in [0.2, 0.25) is 0 Å². The van der Waals surface area contributed by atoms with E-state index in [1.807, 2.05) is 0 Å². The molecule has 0 aromatic heterocycles. The van der Waals surface area contributed by atoms with Gasteiger partial charge in [0.15, 0.2) is 0 Å². The minimum Gasteiger partial charge on any atom is -0.369 e. The average molecular weight is 175 g/mol. The van der Waals surface area contributed by atoms with Crippen molar-refractivity contribution in [3.8, 4) is 0 Å². The molecule has 1 fully saturated rings. The maximum atomic E-state index is 5.64. The molecule has 0 N–H and O–H groups in total. The van der Waals surface area contributed by atoms with Crippen molar-refractivity contribution in [1.29, 1.82) is 0 Å². The highest BCUT2D eigenvalue weighted by molar-refractivity contribution is 7.37. The molecule has 0 spiro atoms. The summed E-state index contributed by atoms with van der Waals surface area (Å²) >= 11 is 0. The minimum absolute atomic E-state index is 0.391. The quantitative estimate of drug-likeness (QED) is 0.609. The maximum Gasteiger partial charge on any atom is 0.101 e. The van der Waals surface area contributed by atoms with Crippen LogP contribution in [0.3, 0.4) is 0 Å². The van der Waals surface area contributed by atoms with Crippen LogP contribution in [-0.4, -0.2) is 29.2 Å². The van der Waals surface area contributed by atoms with Crippen LogP contribution in [0.4, 0.5) is 0 Å². The third-order valence-corrected chi connectivity index (χ3v) is 3.37. The van der Waals surface area contributed by atoms with Gasteiger partial charge in [0.05, 0.1) is 6.10 Å². The minimum atomic E-state index is 0.391. The van der Waals surface area contributed by atoms with E-state index in [4.69, 9.17) is 4.74 Å². The summed E-state index contributed by atoms with van der Waals surface area (Å²) in [5.74, 6) is 0.525. The second kappa shape index (κ2) is 3.84. The van der Waals surface area contributed by atoms with Gasteiger partial charge >= 0.3 is 0 Å². The summed E-state index contributed by atoms with van der Waals surface area (Å²) in [4.78, 5) is 0. The van der Waals surface area contributed by atoms with E-state index in [0.717, 1.165) is 15.3 Å². The summed E-state index contributed by atoms with van der Waals surface area (Å²) in [5.41, 5.74) is 0. The molecule has 1 saturated heterocycles. The third-order valence-electron chi connectivity index (χ3n) is 1.73. The molecule has 0 bridgehead atoms. The van der Waals surface area contributed by atoms with Crippen molar-refractivity contribution >= 4 is 8.73 Å². The molecule has 0 aromatic carbocycles. The lowest BCUT2D eigenvalue weighted by molar-refractivity contribution is 0.0233. The van der Waals surface area contributed by atoms with Gasteiger partial charge in [0.25, 0.3) is 0 Å². The Labute approximate surface area is 71.1 Å². The van der Waals surface area contributed by atoms with Crippen molar-refractivity contribution in [2.24, 2.45) is 0 Å². The highest BCUT2D eigenvalue weighted by Crippen LogP contribution is 2.39.